The minimum absolute atomic E-state index is 0.242. The van der Waals surface area contributed by atoms with E-state index in [4.69, 9.17) is 27.9 Å². The molecule has 1 atom stereocenters. The quantitative estimate of drug-likeness (QED) is 0.828. The third-order valence-corrected chi connectivity index (χ3v) is 3.32. The fourth-order valence-corrected chi connectivity index (χ4v) is 2.29. The summed E-state index contributed by atoms with van der Waals surface area (Å²) < 4.78 is 5.14. The standard InChI is InChI=1S/C13H19Cl2NO/c1-4-6-16-12(5-2)9-7-11(15)13(17-3)8-10(9)14/h7-8,12,16H,4-6H2,1-3H3. The van der Waals surface area contributed by atoms with Crippen molar-refractivity contribution in [2.75, 3.05) is 13.7 Å². The lowest BCUT2D eigenvalue weighted by Crippen LogP contribution is -2.21. The van der Waals surface area contributed by atoms with Crippen molar-refractivity contribution in [2.45, 2.75) is 32.7 Å². The highest BCUT2D eigenvalue weighted by Crippen LogP contribution is 2.34. The van der Waals surface area contributed by atoms with E-state index in [1.807, 2.05) is 6.07 Å². The van der Waals surface area contributed by atoms with Crippen LogP contribution < -0.4 is 10.1 Å². The molecule has 0 aromatic heterocycles. The van der Waals surface area contributed by atoms with E-state index in [-0.39, 0.29) is 6.04 Å². The summed E-state index contributed by atoms with van der Waals surface area (Å²) in [4.78, 5) is 0. The maximum atomic E-state index is 6.25. The third kappa shape index (κ3) is 3.77. The maximum Gasteiger partial charge on any atom is 0.138 e. The van der Waals surface area contributed by atoms with Crippen LogP contribution in [0.15, 0.2) is 12.1 Å². The summed E-state index contributed by atoms with van der Waals surface area (Å²) in [6.45, 7) is 5.24. The first-order chi connectivity index (χ1) is 8.13. The summed E-state index contributed by atoms with van der Waals surface area (Å²) >= 11 is 12.4. The smallest absolute Gasteiger partial charge is 0.138 e. The van der Waals surface area contributed by atoms with Gasteiger partial charge >= 0.3 is 0 Å². The van der Waals surface area contributed by atoms with Gasteiger partial charge in [0.1, 0.15) is 5.75 Å². The summed E-state index contributed by atoms with van der Waals surface area (Å²) in [5.74, 6) is 0.616. The van der Waals surface area contributed by atoms with Crippen LogP contribution >= 0.6 is 23.2 Å². The molecule has 17 heavy (non-hydrogen) atoms. The molecule has 1 N–H and O–H groups in total. The van der Waals surface area contributed by atoms with Gasteiger partial charge in [0.2, 0.25) is 0 Å². The summed E-state index contributed by atoms with van der Waals surface area (Å²) in [6, 6.07) is 3.90. The van der Waals surface area contributed by atoms with Crippen LogP contribution in [0.25, 0.3) is 0 Å². The molecule has 0 aliphatic carbocycles. The van der Waals surface area contributed by atoms with Crippen molar-refractivity contribution in [3.8, 4) is 5.75 Å². The molecule has 0 heterocycles. The van der Waals surface area contributed by atoms with E-state index in [9.17, 15) is 0 Å². The summed E-state index contributed by atoms with van der Waals surface area (Å²) in [5.41, 5.74) is 1.04. The molecule has 0 bridgehead atoms. The molecule has 96 valence electrons. The number of methoxy groups -OCH3 is 1. The first-order valence-corrected chi connectivity index (χ1v) is 6.65. The molecule has 0 amide bonds. The Balaban J connectivity index is 2.99. The molecular weight excluding hydrogens is 257 g/mol. The molecule has 0 radical (unpaired) electrons. The van der Waals surface area contributed by atoms with Gasteiger partial charge in [0.25, 0.3) is 0 Å². The Morgan fingerprint density at radius 1 is 1.24 bits per heavy atom. The largest absolute Gasteiger partial charge is 0.495 e. The fraction of sp³-hybridized carbons (Fsp3) is 0.538. The van der Waals surface area contributed by atoms with Crippen molar-refractivity contribution in [1.82, 2.24) is 5.32 Å². The van der Waals surface area contributed by atoms with Gasteiger partial charge in [0, 0.05) is 17.1 Å². The second-order valence-electron chi connectivity index (χ2n) is 3.92. The lowest BCUT2D eigenvalue weighted by atomic mass is 10.0. The summed E-state index contributed by atoms with van der Waals surface area (Å²) in [6.07, 6.45) is 2.07. The normalized spacial score (nSPS) is 12.5. The zero-order valence-electron chi connectivity index (χ0n) is 10.5. The molecular formula is C13H19Cl2NO. The Labute approximate surface area is 113 Å². The number of halogens is 2. The van der Waals surface area contributed by atoms with Gasteiger partial charge in [0.05, 0.1) is 12.1 Å². The number of nitrogens with one attached hydrogen (secondary N) is 1. The van der Waals surface area contributed by atoms with Gasteiger partial charge in [-0.05, 0) is 31.0 Å². The minimum Gasteiger partial charge on any atom is -0.495 e. The monoisotopic (exact) mass is 275 g/mol. The summed E-state index contributed by atoms with van der Waals surface area (Å²) in [7, 11) is 1.59. The number of rotatable bonds is 6. The first-order valence-electron chi connectivity index (χ1n) is 5.90. The molecule has 1 unspecified atom stereocenters. The van der Waals surface area contributed by atoms with Crippen molar-refractivity contribution in [3.63, 3.8) is 0 Å². The Bertz CT molecular complexity index is 369. The molecule has 1 aromatic carbocycles. The third-order valence-electron chi connectivity index (χ3n) is 2.70. The Kier molecular flexibility index (Phi) is 6.10. The van der Waals surface area contributed by atoms with Gasteiger partial charge in [-0.2, -0.15) is 0 Å². The van der Waals surface area contributed by atoms with Crippen molar-refractivity contribution in [2.24, 2.45) is 0 Å². The molecule has 1 aromatic rings. The molecule has 0 aliphatic heterocycles. The topological polar surface area (TPSA) is 21.3 Å². The van der Waals surface area contributed by atoms with E-state index in [1.54, 1.807) is 13.2 Å². The molecule has 0 aliphatic rings. The second kappa shape index (κ2) is 7.10. The SMILES string of the molecule is CCCNC(CC)c1cc(Cl)c(OC)cc1Cl. The highest BCUT2D eigenvalue weighted by atomic mass is 35.5. The van der Waals surface area contributed by atoms with Crippen LogP contribution in [0, 0.1) is 0 Å². The van der Waals surface area contributed by atoms with Gasteiger partial charge in [-0.15, -0.1) is 0 Å². The maximum absolute atomic E-state index is 6.25. The highest BCUT2D eigenvalue weighted by molar-refractivity contribution is 6.34. The van der Waals surface area contributed by atoms with Crippen LogP contribution in [-0.2, 0) is 0 Å². The molecule has 0 saturated heterocycles. The zero-order chi connectivity index (χ0) is 12.8. The van der Waals surface area contributed by atoms with Crippen molar-refractivity contribution in [3.05, 3.63) is 27.7 Å². The van der Waals surface area contributed by atoms with E-state index in [0.717, 1.165) is 24.9 Å². The fourth-order valence-electron chi connectivity index (χ4n) is 1.76. The van der Waals surface area contributed by atoms with E-state index in [2.05, 4.69) is 19.2 Å². The van der Waals surface area contributed by atoms with Gasteiger partial charge in [-0.1, -0.05) is 37.0 Å². The Morgan fingerprint density at radius 2 is 1.94 bits per heavy atom. The number of benzene rings is 1. The van der Waals surface area contributed by atoms with E-state index in [0.29, 0.717) is 15.8 Å². The van der Waals surface area contributed by atoms with Crippen molar-refractivity contribution < 1.29 is 4.74 Å². The van der Waals surface area contributed by atoms with Gasteiger partial charge in [-0.25, -0.2) is 0 Å². The van der Waals surface area contributed by atoms with Gasteiger partial charge < -0.3 is 10.1 Å². The predicted octanol–water partition coefficient (Wildman–Crippen LogP) is 4.45. The Morgan fingerprint density at radius 3 is 2.47 bits per heavy atom. The highest BCUT2D eigenvalue weighted by Gasteiger charge is 2.15. The molecule has 4 heteroatoms. The molecule has 0 saturated carbocycles. The van der Waals surface area contributed by atoms with E-state index < -0.39 is 0 Å². The van der Waals surface area contributed by atoms with Crippen molar-refractivity contribution >= 4 is 23.2 Å². The molecule has 2 nitrogen and oxygen atoms in total. The van der Waals surface area contributed by atoms with Crippen LogP contribution in [0.1, 0.15) is 38.3 Å². The van der Waals surface area contributed by atoms with E-state index >= 15 is 0 Å². The van der Waals surface area contributed by atoms with Crippen molar-refractivity contribution in [1.29, 1.82) is 0 Å². The molecule has 0 spiro atoms. The average molecular weight is 276 g/mol. The van der Waals surface area contributed by atoms with Crippen LogP contribution in [0.4, 0.5) is 0 Å². The predicted molar refractivity (Wildman–Crippen MR) is 74.3 cm³/mol. The van der Waals surface area contributed by atoms with Crippen LogP contribution in [-0.4, -0.2) is 13.7 Å². The first kappa shape index (κ1) is 14.6. The Hall–Kier alpha value is -0.440. The number of hydrogen-bond acceptors (Lipinski definition) is 2. The van der Waals surface area contributed by atoms with Gasteiger partial charge in [-0.3, -0.25) is 0 Å². The lowest BCUT2D eigenvalue weighted by Gasteiger charge is -2.19. The summed E-state index contributed by atoms with van der Waals surface area (Å²) in [5, 5.41) is 4.75. The molecule has 1 rings (SSSR count). The van der Waals surface area contributed by atoms with Gasteiger partial charge in [0.15, 0.2) is 0 Å². The number of hydrogen-bond donors (Lipinski definition) is 1. The van der Waals surface area contributed by atoms with E-state index in [1.165, 1.54) is 0 Å². The second-order valence-corrected chi connectivity index (χ2v) is 4.74. The minimum atomic E-state index is 0.242. The average Bonchev–Trinajstić information content (AvgIpc) is 2.33. The molecule has 0 fully saturated rings. The van der Waals surface area contributed by atoms with Crippen LogP contribution in [0.5, 0.6) is 5.75 Å². The lowest BCUT2D eigenvalue weighted by molar-refractivity contribution is 0.414. The van der Waals surface area contributed by atoms with Crippen LogP contribution in [0.2, 0.25) is 10.0 Å². The van der Waals surface area contributed by atoms with Crippen LogP contribution in [0.3, 0.4) is 0 Å². The zero-order valence-corrected chi connectivity index (χ0v) is 12.0. The number of ether oxygens (including phenoxy) is 1.